The summed E-state index contributed by atoms with van der Waals surface area (Å²) in [5, 5.41) is 0. The molecule has 0 fully saturated rings. The molecule has 4 nitrogen and oxygen atoms in total. The molecule has 0 aliphatic carbocycles. The summed E-state index contributed by atoms with van der Waals surface area (Å²) in [6.45, 7) is 2.17. The number of aromatic nitrogens is 1. The lowest BCUT2D eigenvalue weighted by molar-refractivity contribution is 0.0515. The van der Waals surface area contributed by atoms with Gasteiger partial charge >= 0.3 is 5.97 Å². The zero-order valence-corrected chi connectivity index (χ0v) is 11.3. The number of esters is 1. The molecular weight excluding hydrogens is 242 g/mol. The van der Waals surface area contributed by atoms with Crippen LogP contribution in [-0.4, -0.2) is 24.3 Å². The molecule has 0 aliphatic heterocycles. The van der Waals surface area contributed by atoms with Crippen molar-refractivity contribution in [1.82, 2.24) is 4.57 Å². The third-order valence-corrected chi connectivity index (χ3v) is 2.99. The van der Waals surface area contributed by atoms with Crippen LogP contribution in [0.25, 0.3) is 11.3 Å². The van der Waals surface area contributed by atoms with Crippen molar-refractivity contribution in [2.45, 2.75) is 6.92 Å². The quantitative estimate of drug-likeness (QED) is 0.793. The van der Waals surface area contributed by atoms with E-state index in [4.69, 9.17) is 9.47 Å². The van der Waals surface area contributed by atoms with E-state index in [1.165, 1.54) is 0 Å². The van der Waals surface area contributed by atoms with E-state index < -0.39 is 0 Å². The molecule has 2 rings (SSSR count). The van der Waals surface area contributed by atoms with Crippen LogP contribution in [0.5, 0.6) is 5.75 Å². The van der Waals surface area contributed by atoms with E-state index >= 15 is 0 Å². The van der Waals surface area contributed by atoms with E-state index in [0.717, 1.165) is 17.0 Å². The molecule has 0 atom stereocenters. The van der Waals surface area contributed by atoms with Crippen molar-refractivity contribution in [2.75, 3.05) is 13.7 Å². The van der Waals surface area contributed by atoms with Crippen molar-refractivity contribution < 1.29 is 14.3 Å². The lowest BCUT2D eigenvalue weighted by Gasteiger charge is -2.08. The molecule has 2 aromatic rings. The third kappa shape index (κ3) is 2.62. The summed E-state index contributed by atoms with van der Waals surface area (Å²) >= 11 is 0. The second-order valence-electron chi connectivity index (χ2n) is 4.11. The van der Waals surface area contributed by atoms with Crippen molar-refractivity contribution in [3.63, 3.8) is 0 Å². The van der Waals surface area contributed by atoms with Crippen molar-refractivity contribution in [3.8, 4) is 17.0 Å². The van der Waals surface area contributed by atoms with Crippen LogP contribution in [0.4, 0.5) is 0 Å². The van der Waals surface area contributed by atoms with Crippen molar-refractivity contribution in [2.24, 2.45) is 7.05 Å². The Morgan fingerprint density at radius 1 is 1.16 bits per heavy atom. The molecule has 0 N–H and O–H groups in total. The van der Waals surface area contributed by atoms with Gasteiger partial charge in [0.15, 0.2) is 0 Å². The van der Waals surface area contributed by atoms with Gasteiger partial charge in [-0.2, -0.15) is 0 Å². The molecule has 0 radical (unpaired) electrons. The molecule has 0 unspecified atom stereocenters. The van der Waals surface area contributed by atoms with Crippen LogP contribution in [-0.2, 0) is 11.8 Å². The van der Waals surface area contributed by atoms with E-state index in [0.29, 0.717) is 12.3 Å². The zero-order valence-electron chi connectivity index (χ0n) is 11.3. The zero-order chi connectivity index (χ0) is 13.8. The molecule has 1 heterocycles. The van der Waals surface area contributed by atoms with Gasteiger partial charge in [-0.3, -0.25) is 0 Å². The molecule has 0 bridgehead atoms. The van der Waals surface area contributed by atoms with E-state index in [9.17, 15) is 4.79 Å². The smallest absolute Gasteiger partial charge is 0.354 e. The molecule has 0 spiro atoms. The number of carbonyl (C=O) groups is 1. The molecule has 0 aliphatic rings. The average Bonchev–Trinajstić information content (AvgIpc) is 2.81. The Labute approximate surface area is 112 Å². The van der Waals surface area contributed by atoms with Gasteiger partial charge in [-0.15, -0.1) is 0 Å². The monoisotopic (exact) mass is 259 g/mol. The minimum atomic E-state index is -0.301. The summed E-state index contributed by atoms with van der Waals surface area (Å²) in [5.41, 5.74) is 2.54. The van der Waals surface area contributed by atoms with Crippen molar-refractivity contribution in [3.05, 3.63) is 42.1 Å². The first-order valence-corrected chi connectivity index (χ1v) is 6.14. The van der Waals surface area contributed by atoms with Gasteiger partial charge in [0, 0.05) is 12.7 Å². The van der Waals surface area contributed by atoms with Gasteiger partial charge in [-0.25, -0.2) is 4.79 Å². The second-order valence-corrected chi connectivity index (χ2v) is 4.11. The van der Waals surface area contributed by atoms with E-state index in [1.54, 1.807) is 20.1 Å². The van der Waals surface area contributed by atoms with Gasteiger partial charge in [-0.05, 0) is 48.9 Å². The Balaban J connectivity index is 2.32. The van der Waals surface area contributed by atoms with Crippen LogP contribution in [0.1, 0.15) is 17.4 Å². The number of carbonyl (C=O) groups excluding carboxylic acids is 1. The highest BCUT2D eigenvalue weighted by Crippen LogP contribution is 2.24. The van der Waals surface area contributed by atoms with Crippen LogP contribution >= 0.6 is 0 Å². The Morgan fingerprint density at radius 2 is 1.84 bits per heavy atom. The first-order valence-electron chi connectivity index (χ1n) is 6.14. The van der Waals surface area contributed by atoms with Crippen LogP contribution in [0.15, 0.2) is 36.4 Å². The van der Waals surface area contributed by atoms with E-state index in [1.807, 2.05) is 41.9 Å². The average molecular weight is 259 g/mol. The van der Waals surface area contributed by atoms with Gasteiger partial charge < -0.3 is 14.0 Å². The normalized spacial score (nSPS) is 10.3. The minimum absolute atomic E-state index is 0.301. The number of hydrogen-bond acceptors (Lipinski definition) is 3. The van der Waals surface area contributed by atoms with Gasteiger partial charge in [0.2, 0.25) is 0 Å². The third-order valence-electron chi connectivity index (χ3n) is 2.99. The summed E-state index contributed by atoms with van der Waals surface area (Å²) in [7, 11) is 3.49. The summed E-state index contributed by atoms with van der Waals surface area (Å²) in [6.07, 6.45) is 0. The molecule has 1 aromatic carbocycles. The lowest BCUT2D eigenvalue weighted by Crippen LogP contribution is -2.10. The van der Waals surface area contributed by atoms with Crippen LogP contribution in [0.2, 0.25) is 0 Å². The van der Waals surface area contributed by atoms with E-state index in [-0.39, 0.29) is 5.97 Å². The Kier molecular flexibility index (Phi) is 3.90. The fourth-order valence-electron chi connectivity index (χ4n) is 1.97. The molecule has 19 heavy (non-hydrogen) atoms. The summed E-state index contributed by atoms with van der Waals surface area (Å²) in [4.78, 5) is 11.7. The topological polar surface area (TPSA) is 40.5 Å². The number of benzene rings is 1. The maximum atomic E-state index is 11.7. The molecule has 0 amide bonds. The highest BCUT2D eigenvalue weighted by molar-refractivity contribution is 5.89. The Morgan fingerprint density at radius 3 is 2.42 bits per heavy atom. The predicted molar refractivity (Wildman–Crippen MR) is 73.4 cm³/mol. The van der Waals surface area contributed by atoms with Crippen LogP contribution < -0.4 is 4.74 Å². The molecule has 0 saturated carbocycles. The summed E-state index contributed by atoms with van der Waals surface area (Å²) < 4.78 is 12.0. The maximum absolute atomic E-state index is 11.7. The largest absolute Gasteiger partial charge is 0.497 e. The number of hydrogen-bond donors (Lipinski definition) is 0. The fraction of sp³-hybridized carbons (Fsp3) is 0.267. The first kappa shape index (κ1) is 13.2. The fourth-order valence-corrected chi connectivity index (χ4v) is 1.97. The Bertz CT molecular complexity index is 570. The van der Waals surface area contributed by atoms with Crippen LogP contribution in [0.3, 0.4) is 0 Å². The van der Waals surface area contributed by atoms with Gasteiger partial charge in [0.05, 0.1) is 13.7 Å². The molecule has 0 saturated heterocycles. The predicted octanol–water partition coefficient (Wildman–Crippen LogP) is 2.88. The summed E-state index contributed by atoms with van der Waals surface area (Å²) in [5.74, 6) is 0.508. The number of methoxy groups -OCH3 is 1. The SMILES string of the molecule is CCOC(=O)c1ccc(-c2ccc(OC)cc2)n1C. The van der Waals surface area contributed by atoms with E-state index in [2.05, 4.69) is 0 Å². The second kappa shape index (κ2) is 5.61. The number of ether oxygens (including phenoxy) is 2. The highest BCUT2D eigenvalue weighted by Gasteiger charge is 2.14. The molecule has 1 aromatic heterocycles. The molecule has 4 heteroatoms. The lowest BCUT2D eigenvalue weighted by atomic mass is 10.1. The van der Waals surface area contributed by atoms with Gasteiger partial charge in [-0.1, -0.05) is 0 Å². The number of nitrogens with zero attached hydrogens (tertiary/aromatic N) is 1. The van der Waals surface area contributed by atoms with Gasteiger partial charge in [0.25, 0.3) is 0 Å². The first-order chi connectivity index (χ1) is 9.17. The summed E-state index contributed by atoms with van der Waals surface area (Å²) in [6, 6.07) is 11.4. The maximum Gasteiger partial charge on any atom is 0.354 e. The standard InChI is InChI=1S/C15H17NO3/c1-4-19-15(17)14-10-9-13(16(14)2)11-5-7-12(18-3)8-6-11/h5-10H,4H2,1-3H3. The molecule has 100 valence electrons. The van der Waals surface area contributed by atoms with Gasteiger partial charge in [0.1, 0.15) is 11.4 Å². The number of rotatable bonds is 4. The minimum Gasteiger partial charge on any atom is -0.497 e. The highest BCUT2D eigenvalue weighted by atomic mass is 16.5. The van der Waals surface area contributed by atoms with Crippen molar-refractivity contribution in [1.29, 1.82) is 0 Å². The van der Waals surface area contributed by atoms with Crippen LogP contribution in [0, 0.1) is 0 Å². The Hall–Kier alpha value is -2.23. The molecular formula is C15H17NO3. The van der Waals surface area contributed by atoms with Crippen molar-refractivity contribution >= 4 is 5.97 Å².